The van der Waals surface area contributed by atoms with Crippen LogP contribution in [0, 0.1) is 0 Å². The molecule has 8 heteroatoms. The number of anilines is 1. The largest absolute Gasteiger partial charge is 0.459 e. The minimum atomic E-state index is -1.09. The molecule has 0 saturated carbocycles. The Labute approximate surface area is 224 Å². The third-order valence-corrected chi connectivity index (χ3v) is 8.16. The summed E-state index contributed by atoms with van der Waals surface area (Å²) >= 11 is 1.38. The molecule has 3 rings (SSSR count). The van der Waals surface area contributed by atoms with Crippen molar-refractivity contribution in [3.8, 4) is 0 Å². The van der Waals surface area contributed by atoms with Crippen molar-refractivity contribution in [1.29, 1.82) is 0 Å². The molecule has 1 aliphatic rings. The summed E-state index contributed by atoms with van der Waals surface area (Å²) in [4.78, 5) is 28.4. The maximum atomic E-state index is 12.7. The van der Waals surface area contributed by atoms with E-state index in [0.29, 0.717) is 17.7 Å². The van der Waals surface area contributed by atoms with Gasteiger partial charge in [-0.3, -0.25) is 4.79 Å². The molecular formula is C29H41NO6S. The molecule has 1 fully saturated rings. The third kappa shape index (κ3) is 8.37. The summed E-state index contributed by atoms with van der Waals surface area (Å²) in [5, 5.41) is 29.8. The number of rotatable bonds is 15. The van der Waals surface area contributed by atoms with Gasteiger partial charge >= 0.3 is 5.97 Å². The second-order valence-electron chi connectivity index (χ2n) is 9.86. The quantitative estimate of drug-likeness (QED) is 0.216. The van der Waals surface area contributed by atoms with Crippen LogP contribution in [-0.4, -0.2) is 52.1 Å². The van der Waals surface area contributed by atoms with Crippen LogP contribution in [0.3, 0.4) is 0 Å². The Bertz CT molecular complexity index is 991. The molecule has 1 saturated heterocycles. The van der Waals surface area contributed by atoms with E-state index in [0.717, 1.165) is 67.5 Å². The van der Waals surface area contributed by atoms with Gasteiger partial charge in [-0.05, 0) is 68.4 Å². The van der Waals surface area contributed by atoms with Crippen LogP contribution in [0.2, 0.25) is 0 Å². The highest BCUT2D eigenvalue weighted by atomic mass is 32.1. The van der Waals surface area contributed by atoms with Gasteiger partial charge in [-0.15, -0.1) is 11.3 Å². The summed E-state index contributed by atoms with van der Waals surface area (Å²) in [5.41, 5.74) is 1.78. The first-order valence-electron chi connectivity index (χ1n) is 13.6. The van der Waals surface area contributed by atoms with E-state index >= 15 is 0 Å². The molecule has 1 aromatic carbocycles. The number of esters is 1. The zero-order valence-electron chi connectivity index (χ0n) is 22.0. The van der Waals surface area contributed by atoms with Gasteiger partial charge in [0.15, 0.2) is 0 Å². The first kappa shape index (κ1) is 29.3. The van der Waals surface area contributed by atoms with Gasteiger partial charge in [0.2, 0.25) is 5.91 Å². The first-order chi connectivity index (χ1) is 17.8. The van der Waals surface area contributed by atoms with E-state index < -0.39 is 24.3 Å². The number of hydrogen-bond acceptors (Lipinski definition) is 7. The number of nitrogens with zero attached hydrogens (tertiary/aromatic N) is 1. The molecule has 0 radical (unpaired) electrons. The Balaban J connectivity index is 1.49. The lowest BCUT2D eigenvalue weighted by Gasteiger charge is -2.25. The monoisotopic (exact) mass is 531 g/mol. The lowest BCUT2D eigenvalue weighted by Crippen LogP contribution is -2.32. The van der Waals surface area contributed by atoms with Crippen molar-refractivity contribution in [3.05, 3.63) is 51.7 Å². The minimum absolute atomic E-state index is 0.137. The Morgan fingerprint density at radius 3 is 2.51 bits per heavy atom. The number of carbonyl (C=O) groups is 2. The molecule has 0 aliphatic carbocycles. The number of unbranched alkanes of at least 4 members (excludes halogenated alkanes) is 2. The number of aliphatic hydroxyl groups excluding tert-OH is 3. The standard InChI is InChI=1S/C29H41NO6S/c1-3-5-6-10-25(32)20-11-13-22(14-12-20)30-21(15-18-28(30)34)8-7-9-23-16-17-27(37-23)29(35)36-19-26(33)24(31)4-2/h11-14,16-17,21,24-26,31-33H,3-10,15,18-19H2,1-2H3/t21-,24-,25-,26+/m0/s1. The molecule has 2 heterocycles. The summed E-state index contributed by atoms with van der Waals surface area (Å²) in [6, 6.07) is 11.6. The maximum absolute atomic E-state index is 12.7. The average molecular weight is 532 g/mol. The van der Waals surface area contributed by atoms with E-state index in [2.05, 4.69) is 6.92 Å². The van der Waals surface area contributed by atoms with Crippen molar-refractivity contribution in [2.45, 2.75) is 102 Å². The highest BCUT2D eigenvalue weighted by Gasteiger charge is 2.31. The molecular weight excluding hydrogens is 490 g/mol. The van der Waals surface area contributed by atoms with Gasteiger partial charge in [0.1, 0.15) is 17.6 Å². The number of thiophene rings is 1. The van der Waals surface area contributed by atoms with Crippen molar-refractivity contribution in [2.24, 2.45) is 0 Å². The highest BCUT2D eigenvalue weighted by molar-refractivity contribution is 7.13. The Morgan fingerprint density at radius 1 is 1.05 bits per heavy atom. The van der Waals surface area contributed by atoms with Crippen LogP contribution in [0.4, 0.5) is 5.69 Å². The molecule has 7 nitrogen and oxygen atoms in total. The van der Waals surface area contributed by atoms with Crippen molar-refractivity contribution < 1.29 is 29.6 Å². The zero-order chi connectivity index (χ0) is 26.8. The second kappa shape index (κ2) is 14.6. The fourth-order valence-corrected chi connectivity index (χ4v) is 5.68. The number of aryl methyl sites for hydroxylation is 1. The van der Waals surface area contributed by atoms with Crippen LogP contribution >= 0.6 is 11.3 Å². The van der Waals surface area contributed by atoms with Gasteiger partial charge in [-0.1, -0.05) is 45.2 Å². The highest BCUT2D eigenvalue weighted by Crippen LogP contribution is 2.31. The van der Waals surface area contributed by atoms with Crippen molar-refractivity contribution in [2.75, 3.05) is 11.5 Å². The van der Waals surface area contributed by atoms with Gasteiger partial charge in [0, 0.05) is 23.0 Å². The fourth-order valence-electron chi connectivity index (χ4n) is 4.73. The first-order valence-corrected chi connectivity index (χ1v) is 14.4. The van der Waals surface area contributed by atoms with Gasteiger partial charge in [0.25, 0.3) is 0 Å². The Morgan fingerprint density at radius 2 is 1.81 bits per heavy atom. The number of hydrogen-bond donors (Lipinski definition) is 3. The molecule has 2 aromatic rings. The number of carbonyl (C=O) groups excluding carboxylic acids is 2. The van der Waals surface area contributed by atoms with Gasteiger partial charge < -0.3 is 25.0 Å². The SMILES string of the molecule is CCCCC[C@H](O)c1ccc(N2C(=O)CC[C@@H]2CCCc2ccc(C(=O)OC[C@@H](O)[C@@H](O)CC)s2)cc1. The van der Waals surface area contributed by atoms with Gasteiger partial charge in [-0.2, -0.15) is 0 Å². The number of benzene rings is 1. The molecule has 0 unspecified atom stereocenters. The molecule has 4 atom stereocenters. The lowest BCUT2D eigenvalue weighted by molar-refractivity contribution is -0.117. The molecule has 204 valence electrons. The summed E-state index contributed by atoms with van der Waals surface area (Å²) in [5.74, 6) is -0.358. The van der Waals surface area contributed by atoms with E-state index in [1.54, 1.807) is 13.0 Å². The van der Waals surface area contributed by atoms with Gasteiger partial charge in [0.05, 0.1) is 12.2 Å². The molecule has 37 heavy (non-hydrogen) atoms. The van der Waals surface area contributed by atoms with E-state index in [4.69, 9.17) is 4.74 Å². The fraction of sp³-hybridized carbons (Fsp3) is 0.586. The van der Waals surface area contributed by atoms with Crippen molar-refractivity contribution in [3.63, 3.8) is 0 Å². The average Bonchev–Trinajstić information content (AvgIpc) is 3.53. The predicted octanol–water partition coefficient (Wildman–Crippen LogP) is 5.17. The lowest BCUT2D eigenvalue weighted by atomic mass is 10.0. The number of aliphatic hydroxyl groups is 3. The van der Waals surface area contributed by atoms with Crippen LogP contribution in [0.1, 0.15) is 97.9 Å². The van der Waals surface area contributed by atoms with E-state index in [9.17, 15) is 24.9 Å². The molecule has 1 aromatic heterocycles. The topological polar surface area (TPSA) is 107 Å². The van der Waals surface area contributed by atoms with Crippen LogP contribution in [-0.2, 0) is 16.0 Å². The van der Waals surface area contributed by atoms with Crippen molar-refractivity contribution in [1.82, 2.24) is 0 Å². The molecule has 1 aliphatic heterocycles. The Hall–Kier alpha value is -2.26. The van der Waals surface area contributed by atoms with E-state index in [-0.39, 0.29) is 18.6 Å². The minimum Gasteiger partial charge on any atom is -0.459 e. The summed E-state index contributed by atoms with van der Waals surface area (Å²) in [6.07, 6.45) is 5.85. The molecule has 0 spiro atoms. The smallest absolute Gasteiger partial charge is 0.348 e. The molecule has 3 N–H and O–H groups in total. The summed E-state index contributed by atoms with van der Waals surface area (Å²) < 4.78 is 5.14. The third-order valence-electron chi connectivity index (χ3n) is 7.03. The molecule has 0 bridgehead atoms. The summed E-state index contributed by atoms with van der Waals surface area (Å²) in [6.45, 7) is 3.67. The number of ether oxygens (including phenoxy) is 1. The van der Waals surface area contributed by atoms with Crippen LogP contribution in [0.25, 0.3) is 0 Å². The van der Waals surface area contributed by atoms with Crippen LogP contribution in [0.5, 0.6) is 0 Å². The predicted molar refractivity (Wildman–Crippen MR) is 146 cm³/mol. The normalized spacial score (nSPS) is 18.1. The van der Waals surface area contributed by atoms with Gasteiger partial charge in [-0.25, -0.2) is 4.79 Å². The van der Waals surface area contributed by atoms with E-state index in [1.807, 2.05) is 35.2 Å². The van der Waals surface area contributed by atoms with Crippen LogP contribution < -0.4 is 4.90 Å². The second-order valence-corrected chi connectivity index (χ2v) is 11.0. The van der Waals surface area contributed by atoms with E-state index in [1.165, 1.54) is 11.3 Å². The zero-order valence-corrected chi connectivity index (χ0v) is 22.8. The van der Waals surface area contributed by atoms with Crippen LogP contribution in [0.15, 0.2) is 36.4 Å². The summed E-state index contributed by atoms with van der Waals surface area (Å²) in [7, 11) is 0. The molecule has 1 amide bonds. The maximum Gasteiger partial charge on any atom is 0.348 e. The van der Waals surface area contributed by atoms with Crippen molar-refractivity contribution >= 4 is 28.9 Å². The Kier molecular flexibility index (Phi) is 11.6. The number of amides is 1.